The summed E-state index contributed by atoms with van der Waals surface area (Å²) in [4.78, 5) is 40.7. The molecule has 0 aromatic heterocycles. The van der Waals surface area contributed by atoms with Crippen LogP contribution in [0.2, 0.25) is 0 Å². The number of aromatic hydroxyl groups is 1. The number of nitrogens with zero attached hydrogens (tertiary/aromatic N) is 1. The number of phenolic OH excluding ortho intramolecular Hbond substituents is 1. The predicted molar refractivity (Wildman–Crippen MR) is 131 cm³/mol. The average molecular weight is 483 g/mol. The largest absolute Gasteiger partial charge is 0.508 e. The molecule has 35 heavy (non-hydrogen) atoms. The second kappa shape index (κ2) is 10.4. The Morgan fingerprint density at radius 1 is 1.14 bits per heavy atom. The van der Waals surface area contributed by atoms with Crippen molar-refractivity contribution < 1.29 is 24.2 Å². The molecule has 1 aliphatic rings. The molecule has 0 bridgehead atoms. The van der Waals surface area contributed by atoms with Crippen LogP contribution in [0.4, 0.5) is 4.79 Å². The standard InChI is InChI=1S/C26H34N4O5/c1-15-10-19(31)11-16(2)20(15)13-21(28-25(34)35-26(3,4)5)24(33)30-14-18-9-7-6-8-17(18)12-22(30)23(32)29-27/h6-11,21-22,31H,12-14,27H2,1-5H3,(H,28,34)(H,29,32)/t21-,22-/m0/s1. The minimum Gasteiger partial charge on any atom is -0.508 e. The van der Waals surface area contributed by atoms with Crippen LogP contribution in [0.25, 0.3) is 0 Å². The number of nitrogens with two attached hydrogens (primary N) is 1. The Morgan fingerprint density at radius 2 is 1.74 bits per heavy atom. The van der Waals surface area contributed by atoms with Gasteiger partial charge in [0.05, 0.1) is 0 Å². The zero-order chi connectivity index (χ0) is 25.9. The maximum absolute atomic E-state index is 13.9. The molecule has 5 N–H and O–H groups in total. The molecule has 9 nitrogen and oxygen atoms in total. The minimum atomic E-state index is -1.01. The van der Waals surface area contributed by atoms with Crippen molar-refractivity contribution in [1.82, 2.24) is 15.6 Å². The zero-order valence-electron chi connectivity index (χ0n) is 20.8. The number of carbonyl (C=O) groups is 3. The normalized spacial score (nSPS) is 16.2. The van der Waals surface area contributed by atoms with Crippen LogP contribution < -0.4 is 16.6 Å². The van der Waals surface area contributed by atoms with Gasteiger partial charge in [-0.05, 0) is 74.6 Å². The van der Waals surface area contributed by atoms with Crippen LogP contribution in [0, 0.1) is 13.8 Å². The van der Waals surface area contributed by atoms with E-state index in [2.05, 4.69) is 10.7 Å². The lowest BCUT2D eigenvalue weighted by molar-refractivity contribution is -0.143. The number of alkyl carbamates (subject to hydrolysis) is 1. The van der Waals surface area contributed by atoms with Crippen LogP contribution in [-0.4, -0.2) is 45.6 Å². The van der Waals surface area contributed by atoms with Crippen LogP contribution in [-0.2, 0) is 33.7 Å². The van der Waals surface area contributed by atoms with Gasteiger partial charge in [-0.25, -0.2) is 10.6 Å². The lowest BCUT2D eigenvalue weighted by atomic mass is 9.91. The molecule has 0 fully saturated rings. The number of hydrogen-bond acceptors (Lipinski definition) is 6. The van der Waals surface area contributed by atoms with E-state index in [0.29, 0.717) is 6.42 Å². The van der Waals surface area contributed by atoms with Crippen molar-refractivity contribution in [1.29, 1.82) is 0 Å². The Bertz CT molecular complexity index is 1100. The minimum absolute atomic E-state index is 0.124. The number of amides is 3. The van der Waals surface area contributed by atoms with Crippen molar-refractivity contribution in [2.24, 2.45) is 5.84 Å². The van der Waals surface area contributed by atoms with Crippen LogP contribution >= 0.6 is 0 Å². The second-order valence-electron chi connectivity index (χ2n) is 9.92. The van der Waals surface area contributed by atoms with Gasteiger partial charge in [0.1, 0.15) is 23.4 Å². The van der Waals surface area contributed by atoms with Gasteiger partial charge in [-0.3, -0.25) is 15.0 Å². The third-order valence-electron chi connectivity index (χ3n) is 6.05. The summed E-state index contributed by atoms with van der Waals surface area (Å²) in [6.07, 6.45) is -0.269. The van der Waals surface area contributed by atoms with Crippen LogP contribution in [0.3, 0.4) is 0 Å². The first kappa shape index (κ1) is 26.0. The topological polar surface area (TPSA) is 134 Å². The molecule has 0 unspecified atom stereocenters. The summed E-state index contributed by atoms with van der Waals surface area (Å²) >= 11 is 0. The fourth-order valence-corrected chi connectivity index (χ4v) is 4.43. The monoisotopic (exact) mass is 482 g/mol. The first-order valence-corrected chi connectivity index (χ1v) is 11.6. The van der Waals surface area contributed by atoms with E-state index in [1.54, 1.807) is 32.9 Å². The van der Waals surface area contributed by atoms with E-state index in [-0.39, 0.29) is 18.7 Å². The van der Waals surface area contributed by atoms with Crippen molar-refractivity contribution in [2.45, 2.75) is 71.7 Å². The van der Waals surface area contributed by atoms with Gasteiger partial charge in [0.25, 0.3) is 5.91 Å². The Kier molecular flexibility index (Phi) is 7.70. The number of benzene rings is 2. The van der Waals surface area contributed by atoms with E-state index >= 15 is 0 Å². The molecule has 1 aliphatic heterocycles. The first-order chi connectivity index (χ1) is 16.4. The summed E-state index contributed by atoms with van der Waals surface area (Å²) in [5, 5.41) is 12.6. The SMILES string of the molecule is Cc1cc(O)cc(C)c1C[C@H](NC(=O)OC(C)(C)C)C(=O)N1Cc2ccccc2C[C@H]1C(=O)NN. The average Bonchev–Trinajstić information content (AvgIpc) is 2.77. The highest BCUT2D eigenvalue weighted by Gasteiger charge is 2.38. The fourth-order valence-electron chi connectivity index (χ4n) is 4.43. The molecule has 0 aliphatic carbocycles. The summed E-state index contributed by atoms with van der Waals surface area (Å²) in [7, 11) is 0. The van der Waals surface area contributed by atoms with Gasteiger partial charge in [-0.2, -0.15) is 0 Å². The Balaban J connectivity index is 1.98. The van der Waals surface area contributed by atoms with E-state index < -0.39 is 35.6 Å². The van der Waals surface area contributed by atoms with Crippen molar-refractivity contribution in [2.75, 3.05) is 0 Å². The molecular formula is C26H34N4O5. The molecule has 0 saturated heterocycles. The smallest absolute Gasteiger partial charge is 0.408 e. The molecule has 9 heteroatoms. The Hall–Kier alpha value is -3.59. The molecule has 2 aromatic rings. The van der Waals surface area contributed by atoms with Gasteiger partial charge in [0.15, 0.2) is 0 Å². The van der Waals surface area contributed by atoms with E-state index in [9.17, 15) is 19.5 Å². The third-order valence-corrected chi connectivity index (χ3v) is 6.05. The molecule has 188 valence electrons. The Morgan fingerprint density at radius 3 is 2.31 bits per heavy atom. The summed E-state index contributed by atoms with van der Waals surface area (Å²) in [6.45, 7) is 9.08. The van der Waals surface area contributed by atoms with Crippen molar-refractivity contribution in [3.8, 4) is 5.75 Å². The predicted octanol–water partition coefficient (Wildman–Crippen LogP) is 2.39. The van der Waals surface area contributed by atoms with Gasteiger partial charge in [0, 0.05) is 19.4 Å². The van der Waals surface area contributed by atoms with E-state index in [4.69, 9.17) is 10.6 Å². The summed E-state index contributed by atoms with van der Waals surface area (Å²) < 4.78 is 5.41. The number of hydrogen-bond donors (Lipinski definition) is 4. The quantitative estimate of drug-likeness (QED) is 0.294. The highest BCUT2D eigenvalue weighted by Crippen LogP contribution is 2.27. The molecule has 0 saturated carbocycles. The number of fused-ring (bicyclic) bond motifs is 1. The maximum atomic E-state index is 13.9. The van der Waals surface area contributed by atoms with Gasteiger partial charge >= 0.3 is 6.09 Å². The summed E-state index contributed by atoms with van der Waals surface area (Å²) in [6, 6.07) is 8.99. The molecule has 3 rings (SSSR count). The highest BCUT2D eigenvalue weighted by atomic mass is 16.6. The second-order valence-corrected chi connectivity index (χ2v) is 9.92. The molecule has 3 amide bonds. The van der Waals surface area contributed by atoms with Gasteiger partial charge in [-0.15, -0.1) is 0 Å². The van der Waals surface area contributed by atoms with E-state index in [0.717, 1.165) is 27.8 Å². The van der Waals surface area contributed by atoms with Crippen LogP contribution in [0.1, 0.15) is 48.6 Å². The lowest BCUT2D eigenvalue weighted by Gasteiger charge is -2.38. The van der Waals surface area contributed by atoms with E-state index in [1.807, 2.05) is 38.1 Å². The number of nitrogens with one attached hydrogen (secondary N) is 2. The number of carbonyl (C=O) groups excluding carboxylic acids is 3. The molecule has 0 spiro atoms. The summed E-state index contributed by atoms with van der Waals surface area (Å²) in [5.41, 5.74) is 5.68. The van der Waals surface area contributed by atoms with Crippen LogP contribution in [0.5, 0.6) is 5.75 Å². The molecular weight excluding hydrogens is 448 g/mol. The van der Waals surface area contributed by atoms with Gasteiger partial charge < -0.3 is 20.1 Å². The number of aryl methyl sites for hydroxylation is 2. The molecule has 1 heterocycles. The summed E-state index contributed by atoms with van der Waals surface area (Å²) in [5.74, 6) is 4.65. The first-order valence-electron chi connectivity index (χ1n) is 11.6. The lowest BCUT2D eigenvalue weighted by Crippen LogP contribution is -2.59. The molecule has 0 radical (unpaired) electrons. The van der Waals surface area contributed by atoms with E-state index in [1.165, 1.54) is 4.90 Å². The Labute approximate surface area is 205 Å². The van der Waals surface area contributed by atoms with Gasteiger partial charge in [-0.1, -0.05) is 24.3 Å². The number of hydrazine groups is 1. The maximum Gasteiger partial charge on any atom is 0.408 e. The molecule has 2 aromatic carbocycles. The van der Waals surface area contributed by atoms with Crippen molar-refractivity contribution in [3.63, 3.8) is 0 Å². The van der Waals surface area contributed by atoms with Crippen molar-refractivity contribution in [3.05, 3.63) is 64.2 Å². The fraction of sp³-hybridized carbons (Fsp3) is 0.423. The number of phenols is 1. The third kappa shape index (κ3) is 6.30. The highest BCUT2D eigenvalue weighted by molar-refractivity contribution is 5.92. The van der Waals surface area contributed by atoms with Crippen LogP contribution in [0.15, 0.2) is 36.4 Å². The van der Waals surface area contributed by atoms with Gasteiger partial charge in [0.2, 0.25) is 5.91 Å². The number of rotatable bonds is 5. The molecule has 2 atom stereocenters. The van der Waals surface area contributed by atoms with Crippen molar-refractivity contribution >= 4 is 17.9 Å². The number of ether oxygens (including phenoxy) is 1. The zero-order valence-corrected chi connectivity index (χ0v) is 20.8.